The van der Waals surface area contributed by atoms with E-state index < -0.39 is 0 Å². The summed E-state index contributed by atoms with van der Waals surface area (Å²) in [6, 6.07) is 5.64. The van der Waals surface area contributed by atoms with Crippen LogP contribution in [0.5, 0.6) is 0 Å². The predicted molar refractivity (Wildman–Crippen MR) is 138 cm³/mol. The molecule has 0 N–H and O–H groups in total. The summed E-state index contributed by atoms with van der Waals surface area (Å²) in [4.78, 5) is 38.4. The Morgan fingerprint density at radius 2 is 1.83 bits per heavy atom. The van der Waals surface area contributed by atoms with Crippen molar-refractivity contribution >= 4 is 29.5 Å². The van der Waals surface area contributed by atoms with Crippen molar-refractivity contribution in [3.05, 3.63) is 35.4 Å². The van der Waals surface area contributed by atoms with Crippen LogP contribution in [0.25, 0.3) is 0 Å². The van der Waals surface area contributed by atoms with Crippen LogP contribution in [0.4, 0.5) is 5.82 Å². The van der Waals surface area contributed by atoms with E-state index in [-0.39, 0.29) is 23.2 Å². The van der Waals surface area contributed by atoms with Crippen molar-refractivity contribution in [2.45, 2.75) is 70.7 Å². The molecular weight excluding hydrogens is 464 g/mol. The molecule has 0 radical (unpaired) electrons. The standard InChI is InChI=1S/C26H38N4O4S/c1-7-29(8-2)22-16-21(26(4,5)6)27-25(28-22)35-17-19-10-11-20(34-19)23(31)30-14-12-18(13-15-30)24(32)33-9-3/h10-11,16,18H,7-9,12-15,17H2,1-6H3. The zero-order valence-corrected chi connectivity index (χ0v) is 22.6. The monoisotopic (exact) mass is 502 g/mol. The minimum Gasteiger partial charge on any atom is -0.466 e. The number of thioether (sulfide) groups is 1. The lowest BCUT2D eigenvalue weighted by atomic mass is 9.92. The molecule has 1 fully saturated rings. The largest absolute Gasteiger partial charge is 0.466 e. The summed E-state index contributed by atoms with van der Waals surface area (Å²) in [5, 5.41) is 0.699. The van der Waals surface area contributed by atoms with Gasteiger partial charge in [-0.25, -0.2) is 9.97 Å². The fourth-order valence-electron chi connectivity index (χ4n) is 4.01. The van der Waals surface area contributed by atoms with E-state index in [4.69, 9.17) is 19.1 Å². The average Bonchev–Trinajstić information content (AvgIpc) is 3.32. The molecule has 8 nitrogen and oxygen atoms in total. The van der Waals surface area contributed by atoms with E-state index in [0.29, 0.717) is 55.0 Å². The molecule has 0 bridgehead atoms. The molecule has 3 heterocycles. The highest BCUT2D eigenvalue weighted by Crippen LogP contribution is 2.29. The molecule has 0 aromatic carbocycles. The number of ether oxygens (including phenoxy) is 1. The number of carbonyl (C=O) groups excluding carboxylic acids is 2. The number of carbonyl (C=O) groups is 2. The zero-order chi connectivity index (χ0) is 25.6. The van der Waals surface area contributed by atoms with E-state index in [1.54, 1.807) is 17.9 Å². The van der Waals surface area contributed by atoms with Crippen LogP contribution in [0.3, 0.4) is 0 Å². The molecule has 3 rings (SSSR count). The molecule has 0 spiro atoms. The van der Waals surface area contributed by atoms with E-state index in [9.17, 15) is 9.59 Å². The number of hydrogen-bond donors (Lipinski definition) is 0. The molecule has 9 heteroatoms. The summed E-state index contributed by atoms with van der Waals surface area (Å²) in [7, 11) is 0. The molecule has 1 aliphatic heterocycles. The van der Waals surface area contributed by atoms with Gasteiger partial charge in [-0.2, -0.15) is 0 Å². The minimum absolute atomic E-state index is 0.0921. The normalized spacial score (nSPS) is 14.7. The summed E-state index contributed by atoms with van der Waals surface area (Å²) in [6.07, 6.45) is 1.23. The van der Waals surface area contributed by atoms with Crippen LogP contribution in [0.1, 0.15) is 76.4 Å². The highest BCUT2D eigenvalue weighted by Gasteiger charge is 2.29. The van der Waals surface area contributed by atoms with Gasteiger partial charge in [0.25, 0.3) is 5.91 Å². The van der Waals surface area contributed by atoms with Crippen molar-refractivity contribution in [2.24, 2.45) is 5.92 Å². The molecule has 1 saturated heterocycles. The van der Waals surface area contributed by atoms with Crippen LogP contribution in [0.15, 0.2) is 27.8 Å². The number of hydrogen-bond acceptors (Lipinski definition) is 8. The van der Waals surface area contributed by atoms with Crippen molar-refractivity contribution in [3.63, 3.8) is 0 Å². The molecule has 0 saturated carbocycles. The number of nitrogens with zero attached hydrogens (tertiary/aromatic N) is 4. The van der Waals surface area contributed by atoms with Gasteiger partial charge in [0, 0.05) is 37.7 Å². The van der Waals surface area contributed by atoms with Gasteiger partial charge in [0.05, 0.1) is 24.0 Å². The molecule has 0 unspecified atom stereocenters. The number of aromatic nitrogens is 2. The number of amides is 1. The Labute approximate surface area is 212 Å². The first kappa shape index (κ1) is 27.0. The number of rotatable bonds is 9. The first-order valence-corrected chi connectivity index (χ1v) is 13.5. The fourth-order valence-corrected chi connectivity index (χ4v) is 4.76. The Morgan fingerprint density at radius 3 is 2.43 bits per heavy atom. The first-order chi connectivity index (χ1) is 16.7. The predicted octanol–water partition coefficient (Wildman–Crippen LogP) is 4.92. The fraction of sp³-hybridized carbons (Fsp3) is 0.615. The maximum Gasteiger partial charge on any atom is 0.309 e. The Morgan fingerprint density at radius 1 is 1.14 bits per heavy atom. The Kier molecular flexibility index (Phi) is 9.21. The Balaban J connectivity index is 1.64. The molecule has 1 amide bonds. The first-order valence-electron chi connectivity index (χ1n) is 12.5. The third-order valence-corrected chi connectivity index (χ3v) is 7.04. The number of esters is 1. The van der Waals surface area contributed by atoms with Crippen LogP contribution in [0.2, 0.25) is 0 Å². The molecule has 0 atom stereocenters. The van der Waals surface area contributed by atoms with Crippen molar-refractivity contribution in [1.29, 1.82) is 0 Å². The number of furan rings is 1. The van der Waals surface area contributed by atoms with Gasteiger partial charge in [0.15, 0.2) is 10.9 Å². The summed E-state index contributed by atoms with van der Waals surface area (Å²) >= 11 is 1.51. The second-order valence-corrected chi connectivity index (χ2v) is 10.6. The third-order valence-electron chi connectivity index (χ3n) is 6.17. The van der Waals surface area contributed by atoms with E-state index in [1.807, 2.05) is 6.07 Å². The average molecular weight is 503 g/mol. The molecule has 0 aliphatic carbocycles. The zero-order valence-electron chi connectivity index (χ0n) is 21.8. The van der Waals surface area contributed by atoms with E-state index in [1.165, 1.54) is 11.8 Å². The van der Waals surface area contributed by atoms with Gasteiger partial charge < -0.3 is 19.0 Å². The van der Waals surface area contributed by atoms with Crippen molar-refractivity contribution < 1.29 is 18.7 Å². The summed E-state index contributed by atoms with van der Waals surface area (Å²) in [5.41, 5.74) is 0.906. The van der Waals surface area contributed by atoms with Gasteiger partial charge in [-0.3, -0.25) is 9.59 Å². The smallest absolute Gasteiger partial charge is 0.309 e. The quantitative estimate of drug-likeness (QED) is 0.271. The minimum atomic E-state index is -0.168. The van der Waals surface area contributed by atoms with Crippen molar-refractivity contribution in [1.82, 2.24) is 14.9 Å². The Hall–Kier alpha value is -2.55. The van der Waals surface area contributed by atoms with Crippen molar-refractivity contribution in [3.8, 4) is 0 Å². The summed E-state index contributed by atoms with van der Waals surface area (Å²) in [6.45, 7) is 15.7. The van der Waals surface area contributed by atoms with E-state index >= 15 is 0 Å². The second-order valence-electron chi connectivity index (χ2n) is 9.69. The van der Waals surface area contributed by atoms with Crippen LogP contribution in [0, 0.1) is 5.92 Å². The lowest BCUT2D eigenvalue weighted by Gasteiger charge is -2.30. The van der Waals surface area contributed by atoms with E-state index in [2.05, 4.69) is 45.6 Å². The number of anilines is 1. The van der Waals surface area contributed by atoms with Gasteiger partial charge in [0.2, 0.25) is 0 Å². The van der Waals surface area contributed by atoms with E-state index in [0.717, 1.165) is 24.6 Å². The van der Waals surface area contributed by atoms with Crippen molar-refractivity contribution in [2.75, 3.05) is 37.7 Å². The number of piperidine rings is 1. The van der Waals surface area contributed by atoms with Gasteiger partial charge in [-0.05, 0) is 45.7 Å². The number of likely N-dealkylation sites (tertiary alicyclic amines) is 1. The summed E-state index contributed by atoms with van der Waals surface area (Å²) in [5.74, 6) is 2.05. The molecule has 2 aromatic heterocycles. The lowest BCUT2D eigenvalue weighted by molar-refractivity contribution is -0.149. The van der Waals surface area contributed by atoms with Crippen LogP contribution in [-0.2, 0) is 20.7 Å². The van der Waals surface area contributed by atoms with Gasteiger partial charge >= 0.3 is 5.97 Å². The highest BCUT2D eigenvalue weighted by molar-refractivity contribution is 7.98. The highest BCUT2D eigenvalue weighted by atomic mass is 32.2. The molecule has 192 valence electrons. The molecule has 1 aliphatic rings. The van der Waals surface area contributed by atoms with Gasteiger partial charge in [0.1, 0.15) is 11.6 Å². The third kappa shape index (κ3) is 6.99. The lowest BCUT2D eigenvalue weighted by Crippen LogP contribution is -2.40. The SMILES string of the molecule is CCOC(=O)C1CCN(C(=O)c2ccc(CSc3nc(N(CC)CC)cc(C(C)(C)C)n3)o2)CC1. The second kappa shape index (κ2) is 11.9. The van der Waals surface area contributed by atoms with Gasteiger partial charge in [-0.15, -0.1) is 0 Å². The summed E-state index contributed by atoms with van der Waals surface area (Å²) < 4.78 is 11.0. The van der Waals surface area contributed by atoms with Gasteiger partial charge in [-0.1, -0.05) is 32.5 Å². The van der Waals surface area contributed by atoms with Crippen LogP contribution in [-0.4, -0.2) is 59.5 Å². The topological polar surface area (TPSA) is 88.8 Å². The Bertz CT molecular complexity index is 1010. The maximum atomic E-state index is 12.9. The molecule has 35 heavy (non-hydrogen) atoms. The molecular formula is C26H38N4O4S. The molecule has 2 aromatic rings. The van der Waals surface area contributed by atoms with Crippen LogP contribution < -0.4 is 4.90 Å². The van der Waals surface area contributed by atoms with Crippen LogP contribution >= 0.6 is 11.8 Å². The maximum absolute atomic E-state index is 12.9.